The fourth-order valence-corrected chi connectivity index (χ4v) is 4.84. The van der Waals surface area contributed by atoms with Crippen LogP contribution < -0.4 is 0 Å². The highest BCUT2D eigenvalue weighted by molar-refractivity contribution is 7.91. The summed E-state index contributed by atoms with van der Waals surface area (Å²) in [6.45, 7) is 0. The molecule has 0 bridgehead atoms. The molecule has 3 nitrogen and oxygen atoms in total. The van der Waals surface area contributed by atoms with Crippen LogP contribution in [0.2, 0.25) is 0 Å². The molecular formula is C23H18FNO2S. The quantitative estimate of drug-likeness (QED) is 0.482. The summed E-state index contributed by atoms with van der Waals surface area (Å²) in [5.41, 5.74) is 1.61. The molecule has 0 aliphatic heterocycles. The van der Waals surface area contributed by atoms with E-state index in [9.17, 15) is 12.8 Å². The zero-order chi connectivity index (χ0) is 19.6. The van der Waals surface area contributed by atoms with Gasteiger partial charge in [-0.05, 0) is 46.2 Å². The number of rotatable bonds is 5. The van der Waals surface area contributed by atoms with Gasteiger partial charge in [0.15, 0.2) is 14.9 Å². The lowest BCUT2D eigenvalue weighted by molar-refractivity contribution is 0.588. The number of fused-ring (bicyclic) bond motifs is 1. The van der Waals surface area contributed by atoms with Crippen molar-refractivity contribution in [3.63, 3.8) is 0 Å². The molecule has 0 aliphatic carbocycles. The summed E-state index contributed by atoms with van der Waals surface area (Å²) in [7, 11) is -3.62. The smallest absolute Gasteiger partial charge is 0.196 e. The molecule has 4 rings (SSSR count). The maximum Gasteiger partial charge on any atom is 0.196 e. The molecule has 0 amide bonds. The SMILES string of the molecule is O=S(=O)(C[C@@H](c1ccc(F)cc1)c1ccc2ccccc2c1)c1ccccn1. The van der Waals surface area contributed by atoms with Crippen molar-refractivity contribution in [3.05, 3.63) is 108 Å². The number of halogens is 1. The van der Waals surface area contributed by atoms with E-state index in [1.165, 1.54) is 24.4 Å². The summed E-state index contributed by atoms with van der Waals surface area (Å²) < 4.78 is 39.4. The second-order valence-electron chi connectivity index (χ2n) is 6.66. The van der Waals surface area contributed by atoms with Crippen LogP contribution in [0.5, 0.6) is 0 Å². The van der Waals surface area contributed by atoms with Crippen LogP contribution in [0.25, 0.3) is 10.8 Å². The van der Waals surface area contributed by atoms with Gasteiger partial charge in [0, 0.05) is 12.1 Å². The van der Waals surface area contributed by atoms with Crippen molar-refractivity contribution in [2.24, 2.45) is 0 Å². The first-order valence-corrected chi connectivity index (χ1v) is 10.6. The Bertz CT molecular complexity index is 1210. The minimum Gasteiger partial charge on any atom is -0.245 e. The fraction of sp³-hybridized carbons (Fsp3) is 0.0870. The Hall–Kier alpha value is -3.05. The minimum absolute atomic E-state index is 0.0444. The Morgan fingerprint density at radius 1 is 0.786 bits per heavy atom. The van der Waals surface area contributed by atoms with Gasteiger partial charge in [0.25, 0.3) is 0 Å². The predicted octanol–water partition coefficient (Wildman–Crippen LogP) is 4.98. The number of pyridine rings is 1. The highest BCUT2D eigenvalue weighted by atomic mass is 32.2. The molecule has 0 radical (unpaired) electrons. The van der Waals surface area contributed by atoms with Crippen LogP contribution in [-0.2, 0) is 9.84 Å². The number of sulfone groups is 1. The first kappa shape index (κ1) is 18.3. The predicted molar refractivity (Wildman–Crippen MR) is 108 cm³/mol. The summed E-state index contributed by atoms with van der Waals surface area (Å²) >= 11 is 0. The molecular weight excluding hydrogens is 373 g/mol. The van der Waals surface area contributed by atoms with Crippen LogP contribution in [-0.4, -0.2) is 19.2 Å². The Morgan fingerprint density at radius 3 is 2.18 bits per heavy atom. The van der Waals surface area contributed by atoms with Gasteiger partial charge in [-0.25, -0.2) is 17.8 Å². The number of benzene rings is 3. The van der Waals surface area contributed by atoms with E-state index in [0.717, 1.165) is 21.9 Å². The van der Waals surface area contributed by atoms with Crippen LogP contribution in [0.1, 0.15) is 17.0 Å². The van der Waals surface area contributed by atoms with Gasteiger partial charge < -0.3 is 0 Å². The van der Waals surface area contributed by atoms with Crippen LogP contribution in [0.3, 0.4) is 0 Å². The van der Waals surface area contributed by atoms with Crippen LogP contribution in [0, 0.1) is 5.82 Å². The molecule has 140 valence electrons. The monoisotopic (exact) mass is 391 g/mol. The van der Waals surface area contributed by atoms with E-state index in [0.29, 0.717) is 0 Å². The van der Waals surface area contributed by atoms with Gasteiger partial charge in [-0.15, -0.1) is 0 Å². The van der Waals surface area contributed by atoms with E-state index in [1.807, 2.05) is 42.5 Å². The standard InChI is InChI=1S/C23H18FNO2S/c24-21-12-10-18(11-13-21)22(16-28(26,27)23-7-3-4-14-25-23)20-9-8-17-5-1-2-6-19(17)15-20/h1-15,22H,16H2/t22-/m0/s1. The van der Waals surface area contributed by atoms with Gasteiger partial charge in [0.1, 0.15) is 5.82 Å². The van der Waals surface area contributed by atoms with E-state index >= 15 is 0 Å². The first-order valence-electron chi connectivity index (χ1n) is 8.91. The van der Waals surface area contributed by atoms with Crippen molar-refractivity contribution in [1.29, 1.82) is 0 Å². The average Bonchev–Trinajstić information content (AvgIpc) is 2.73. The van der Waals surface area contributed by atoms with Crippen LogP contribution in [0.15, 0.2) is 96.2 Å². The molecule has 28 heavy (non-hydrogen) atoms. The molecule has 1 heterocycles. The summed E-state index contributed by atoms with van der Waals surface area (Å²) in [5.74, 6) is -0.931. The van der Waals surface area contributed by atoms with E-state index in [4.69, 9.17) is 0 Å². The highest BCUT2D eigenvalue weighted by Gasteiger charge is 2.25. The second-order valence-corrected chi connectivity index (χ2v) is 8.64. The zero-order valence-electron chi connectivity index (χ0n) is 15.0. The topological polar surface area (TPSA) is 47.0 Å². The Labute approximate surface area is 163 Å². The van der Waals surface area contributed by atoms with Gasteiger partial charge in [-0.1, -0.05) is 60.7 Å². The summed E-state index contributed by atoms with van der Waals surface area (Å²) in [6, 6.07) is 24.7. The first-order chi connectivity index (χ1) is 13.5. The molecule has 0 aliphatic rings. The van der Waals surface area contributed by atoms with E-state index < -0.39 is 15.8 Å². The zero-order valence-corrected chi connectivity index (χ0v) is 15.8. The summed E-state index contributed by atoms with van der Waals surface area (Å²) in [6.07, 6.45) is 1.47. The summed E-state index contributed by atoms with van der Waals surface area (Å²) in [4.78, 5) is 4.01. The van der Waals surface area contributed by atoms with Crippen molar-refractivity contribution in [2.75, 3.05) is 5.75 Å². The maximum absolute atomic E-state index is 13.4. The van der Waals surface area contributed by atoms with Gasteiger partial charge >= 0.3 is 0 Å². The van der Waals surface area contributed by atoms with Crippen molar-refractivity contribution in [2.45, 2.75) is 10.9 Å². The molecule has 0 N–H and O–H groups in total. The van der Waals surface area contributed by atoms with Crippen molar-refractivity contribution in [1.82, 2.24) is 4.98 Å². The van der Waals surface area contributed by atoms with E-state index in [1.54, 1.807) is 24.3 Å². The van der Waals surface area contributed by atoms with Crippen LogP contribution in [0.4, 0.5) is 4.39 Å². The average molecular weight is 391 g/mol. The van der Waals surface area contributed by atoms with Gasteiger partial charge in [-0.3, -0.25) is 0 Å². The van der Waals surface area contributed by atoms with E-state index in [2.05, 4.69) is 4.98 Å². The molecule has 5 heteroatoms. The molecule has 1 aromatic heterocycles. The van der Waals surface area contributed by atoms with Crippen molar-refractivity contribution < 1.29 is 12.8 Å². The lowest BCUT2D eigenvalue weighted by Gasteiger charge is -2.19. The third kappa shape index (κ3) is 3.80. The van der Waals surface area contributed by atoms with Gasteiger partial charge in [0.05, 0.1) is 5.75 Å². The Balaban J connectivity index is 1.80. The lowest BCUT2D eigenvalue weighted by atomic mass is 9.91. The number of hydrogen-bond donors (Lipinski definition) is 0. The maximum atomic E-state index is 13.4. The molecule has 0 saturated heterocycles. The lowest BCUT2D eigenvalue weighted by Crippen LogP contribution is -2.17. The largest absolute Gasteiger partial charge is 0.245 e. The molecule has 0 fully saturated rings. The molecule has 1 atom stereocenters. The number of nitrogens with zero attached hydrogens (tertiary/aromatic N) is 1. The Morgan fingerprint density at radius 2 is 1.46 bits per heavy atom. The second kappa shape index (κ2) is 7.52. The van der Waals surface area contributed by atoms with Crippen molar-refractivity contribution >= 4 is 20.6 Å². The highest BCUT2D eigenvalue weighted by Crippen LogP contribution is 2.30. The molecule has 0 saturated carbocycles. The summed E-state index contributed by atoms with van der Waals surface area (Å²) in [5, 5.41) is 2.15. The van der Waals surface area contributed by atoms with Gasteiger partial charge in [-0.2, -0.15) is 0 Å². The van der Waals surface area contributed by atoms with E-state index in [-0.39, 0.29) is 16.6 Å². The molecule has 4 aromatic rings. The molecule has 3 aromatic carbocycles. The third-order valence-corrected chi connectivity index (χ3v) is 6.44. The normalized spacial score (nSPS) is 12.8. The molecule has 0 unspecified atom stereocenters. The molecule has 0 spiro atoms. The minimum atomic E-state index is -3.62. The Kier molecular flexibility index (Phi) is 4.92. The number of aromatic nitrogens is 1. The number of hydrogen-bond acceptors (Lipinski definition) is 3. The third-order valence-electron chi connectivity index (χ3n) is 4.79. The van der Waals surface area contributed by atoms with Crippen molar-refractivity contribution in [3.8, 4) is 0 Å². The fourth-order valence-electron chi connectivity index (χ4n) is 3.34. The van der Waals surface area contributed by atoms with Crippen LogP contribution >= 0.6 is 0 Å². The van der Waals surface area contributed by atoms with Gasteiger partial charge in [0.2, 0.25) is 0 Å².